The van der Waals surface area contributed by atoms with E-state index in [4.69, 9.17) is 5.26 Å². The van der Waals surface area contributed by atoms with Gasteiger partial charge < -0.3 is 10.2 Å². The number of rotatable bonds is 5. The SMILES string of the molecule is CC(=O)c1ccc(N2CCN(CC#Cc3cnc(C#N)nc3NCC(C)(C)C)CC2)cc1. The number of hydrogen-bond acceptors (Lipinski definition) is 7. The Labute approximate surface area is 190 Å². The normalized spacial score (nSPS) is 14.3. The van der Waals surface area contributed by atoms with E-state index in [0.717, 1.165) is 44.0 Å². The molecule has 0 unspecified atom stereocenters. The zero-order valence-electron chi connectivity index (χ0n) is 19.3. The monoisotopic (exact) mass is 430 g/mol. The number of nitrogens with zero attached hydrogens (tertiary/aromatic N) is 5. The van der Waals surface area contributed by atoms with Crippen LogP contribution in [0.2, 0.25) is 0 Å². The summed E-state index contributed by atoms with van der Waals surface area (Å²) in [5, 5.41) is 12.4. The zero-order chi connectivity index (χ0) is 23.1. The van der Waals surface area contributed by atoms with E-state index < -0.39 is 0 Å². The minimum atomic E-state index is 0.0779. The van der Waals surface area contributed by atoms with Gasteiger partial charge in [-0.15, -0.1) is 0 Å². The third-order valence-electron chi connectivity index (χ3n) is 5.21. The molecular formula is C25H30N6O. The fourth-order valence-electron chi connectivity index (χ4n) is 3.33. The lowest BCUT2D eigenvalue weighted by atomic mass is 9.97. The molecule has 7 nitrogen and oxygen atoms in total. The highest BCUT2D eigenvalue weighted by atomic mass is 16.1. The molecule has 2 aromatic rings. The van der Waals surface area contributed by atoms with Crippen molar-refractivity contribution in [1.29, 1.82) is 5.26 Å². The minimum absolute atomic E-state index is 0.0779. The van der Waals surface area contributed by atoms with Crippen molar-refractivity contribution in [3.05, 3.63) is 47.4 Å². The predicted molar refractivity (Wildman–Crippen MR) is 127 cm³/mol. The lowest BCUT2D eigenvalue weighted by molar-refractivity contribution is 0.101. The lowest BCUT2D eigenvalue weighted by Crippen LogP contribution is -2.46. The van der Waals surface area contributed by atoms with Crippen molar-refractivity contribution in [1.82, 2.24) is 14.9 Å². The summed E-state index contributed by atoms with van der Waals surface area (Å²) in [6.07, 6.45) is 1.62. The van der Waals surface area contributed by atoms with Crippen molar-refractivity contribution in [2.75, 3.05) is 49.5 Å². The molecule has 1 aromatic heterocycles. The van der Waals surface area contributed by atoms with Crippen LogP contribution in [0.3, 0.4) is 0 Å². The number of hydrogen-bond donors (Lipinski definition) is 1. The molecule has 0 saturated carbocycles. The molecule has 1 aromatic carbocycles. The van der Waals surface area contributed by atoms with Crippen LogP contribution >= 0.6 is 0 Å². The van der Waals surface area contributed by atoms with Crippen LogP contribution in [0.4, 0.5) is 11.5 Å². The number of benzene rings is 1. The molecule has 1 N–H and O–H groups in total. The van der Waals surface area contributed by atoms with E-state index in [1.165, 1.54) is 0 Å². The zero-order valence-corrected chi connectivity index (χ0v) is 19.3. The topological polar surface area (TPSA) is 85.2 Å². The molecule has 166 valence electrons. The first-order valence-electron chi connectivity index (χ1n) is 10.8. The van der Waals surface area contributed by atoms with Crippen LogP contribution in [-0.4, -0.2) is 59.9 Å². The first kappa shape index (κ1) is 23.2. The maximum absolute atomic E-state index is 11.5. The highest BCUT2D eigenvalue weighted by Crippen LogP contribution is 2.18. The quantitative estimate of drug-likeness (QED) is 0.576. The van der Waals surface area contributed by atoms with Crippen molar-refractivity contribution in [3.8, 4) is 17.9 Å². The van der Waals surface area contributed by atoms with Gasteiger partial charge in [0, 0.05) is 50.2 Å². The molecule has 1 aliphatic rings. The molecular weight excluding hydrogens is 400 g/mol. The van der Waals surface area contributed by atoms with Gasteiger partial charge in [-0.3, -0.25) is 9.69 Å². The molecule has 0 bridgehead atoms. The molecule has 1 aliphatic heterocycles. The predicted octanol–water partition coefficient (Wildman–Crippen LogP) is 3.18. The van der Waals surface area contributed by atoms with Crippen molar-refractivity contribution < 1.29 is 4.79 Å². The Morgan fingerprint density at radius 1 is 1.16 bits per heavy atom. The van der Waals surface area contributed by atoms with E-state index in [9.17, 15) is 4.79 Å². The summed E-state index contributed by atoms with van der Waals surface area (Å²) in [6.45, 7) is 13.0. The Balaban J connectivity index is 1.58. The van der Waals surface area contributed by atoms with Crippen LogP contribution < -0.4 is 10.2 Å². The number of nitriles is 1. The number of anilines is 2. The lowest BCUT2D eigenvalue weighted by Gasteiger charge is -2.35. The van der Waals surface area contributed by atoms with Gasteiger partial charge in [-0.25, -0.2) is 9.97 Å². The number of piperazine rings is 1. The van der Waals surface area contributed by atoms with Crippen LogP contribution in [-0.2, 0) is 0 Å². The summed E-state index contributed by atoms with van der Waals surface area (Å²) in [4.78, 5) is 24.5. The van der Waals surface area contributed by atoms with Gasteiger partial charge in [-0.2, -0.15) is 5.26 Å². The average molecular weight is 431 g/mol. The second kappa shape index (κ2) is 10.3. The highest BCUT2D eigenvalue weighted by molar-refractivity contribution is 5.94. The van der Waals surface area contributed by atoms with Crippen molar-refractivity contribution >= 4 is 17.3 Å². The summed E-state index contributed by atoms with van der Waals surface area (Å²) >= 11 is 0. The third-order valence-corrected chi connectivity index (χ3v) is 5.21. The maximum atomic E-state index is 11.5. The standard InChI is InChI=1S/C25H30N6O/c1-19(32)20-7-9-22(10-8-20)31-14-12-30(13-15-31)11-5-6-21-17-27-23(16-26)29-24(21)28-18-25(2,3)4/h7-10,17H,11-15,18H2,1-4H3,(H,27,28,29). The van der Waals surface area contributed by atoms with Gasteiger partial charge in [0.05, 0.1) is 12.1 Å². The van der Waals surface area contributed by atoms with Gasteiger partial charge in [0.25, 0.3) is 0 Å². The molecule has 0 aliphatic carbocycles. The van der Waals surface area contributed by atoms with Crippen molar-refractivity contribution in [2.24, 2.45) is 5.41 Å². The highest BCUT2D eigenvalue weighted by Gasteiger charge is 2.17. The maximum Gasteiger partial charge on any atom is 0.234 e. The Kier molecular flexibility index (Phi) is 7.45. The molecule has 2 heterocycles. The molecule has 0 spiro atoms. The summed E-state index contributed by atoms with van der Waals surface area (Å²) in [5.74, 6) is 7.25. The van der Waals surface area contributed by atoms with Gasteiger partial charge in [0.15, 0.2) is 5.78 Å². The number of nitrogens with one attached hydrogen (secondary N) is 1. The molecule has 1 saturated heterocycles. The van der Waals surface area contributed by atoms with Crippen molar-refractivity contribution in [2.45, 2.75) is 27.7 Å². The van der Waals surface area contributed by atoms with Crippen LogP contribution in [0.15, 0.2) is 30.5 Å². The number of aromatic nitrogens is 2. The molecule has 3 rings (SSSR count). The number of carbonyl (C=O) groups is 1. The van der Waals surface area contributed by atoms with Crippen LogP contribution in [0.5, 0.6) is 0 Å². The van der Waals surface area contributed by atoms with Crippen LogP contribution in [0.1, 0.15) is 49.4 Å². The molecule has 0 atom stereocenters. The first-order chi connectivity index (χ1) is 15.2. The second-order valence-corrected chi connectivity index (χ2v) is 9.15. The van der Waals surface area contributed by atoms with Crippen LogP contribution in [0.25, 0.3) is 0 Å². The van der Waals surface area contributed by atoms with E-state index in [-0.39, 0.29) is 17.0 Å². The molecule has 32 heavy (non-hydrogen) atoms. The van der Waals surface area contributed by atoms with Crippen molar-refractivity contribution in [3.63, 3.8) is 0 Å². The molecule has 0 amide bonds. The van der Waals surface area contributed by atoms with Gasteiger partial charge in [-0.05, 0) is 36.6 Å². The van der Waals surface area contributed by atoms with Gasteiger partial charge >= 0.3 is 0 Å². The Hall–Kier alpha value is -3.42. The van der Waals surface area contributed by atoms with E-state index in [2.05, 4.69) is 57.7 Å². The fraction of sp³-hybridized carbons (Fsp3) is 0.440. The van der Waals surface area contributed by atoms with E-state index in [1.54, 1.807) is 13.1 Å². The summed E-state index contributed by atoms with van der Waals surface area (Å²) < 4.78 is 0. The van der Waals surface area contributed by atoms with E-state index >= 15 is 0 Å². The number of ketones is 1. The largest absolute Gasteiger partial charge is 0.369 e. The van der Waals surface area contributed by atoms with Gasteiger partial charge in [0.1, 0.15) is 11.9 Å². The summed E-state index contributed by atoms with van der Waals surface area (Å²) in [5.41, 5.74) is 2.67. The van der Waals surface area contributed by atoms with Gasteiger partial charge in [0.2, 0.25) is 5.82 Å². The number of Topliss-reactive ketones (excluding diaryl/α,β-unsaturated/α-hetero) is 1. The molecule has 7 heteroatoms. The molecule has 1 fully saturated rings. The van der Waals surface area contributed by atoms with E-state index in [0.29, 0.717) is 17.9 Å². The summed E-state index contributed by atoms with van der Waals surface area (Å²) in [6, 6.07) is 9.80. The van der Waals surface area contributed by atoms with Gasteiger partial charge in [-0.1, -0.05) is 32.6 Å². The fourth-order valence-corrected chi connectivity index (χ4v) is 3.33. The van der Waals surface area contributed by atoms with Crippen LogP contribution in [0, 0.1) is 28.6 Å². The number of carbonyl (C=O) groups excluding carboxylic acids is 1. The third kappa shape index (κ3) is 6.54. The minimum Gasteiger partial charge on any atom is -0.369 e. The van der Waals surface area contributed by atoms with E-state index in [1.807, 2.05) is 30.3 Å². The Morgan fingerprint density at radius 3 is 2.44 bits per heavy atom. The summed E-state index contributed by atoms with van der Waals surface area (Å²) in [7, 11) is 0. The molecule has 0 radical (unpaired) electrons. The average Bonchev–Trinajstić information content (AvgIpc) is 2.78. The smallest absolute Gasteiger partial charge is 0.234 e. The Morgan fingerprint density at radius 2 is 1.84 bits per heavy atom. The second-order valence-electron chi connectivity index (χ2n) is 9.15. The first-order valence-corrected chi connectivity index (χ1v) is 10.8. The Bertz CT molecular complexity index is 1050.